The van der Waals surface area contributed by atoms with Crippen LogP contribution in [0.4, 0.5) is 0 Å². The van der Waals surface area contributed by atoms with Crippen LogP contribution in [0.1, 0.15) is 36.2 Å². The Morgan fingerprint density at radius 1 is 1.50 bits per heavy atom. The van der Waals surface area contributed by atoms with Crippen LogP contribution in [0.15, 0.2) is 6.20 Å². The van der Waals surface area contributed by atoms with E-state index in [1.54, 1.807) is 6.20 Å². The Balaban J connectivity index is 2.16. The zero-order chi connectivity index (χ0) is 13.1. The van der Waals surface area contributed by atoms with E-state index in [0.29, 0.717) is 6.54 Å². The van der Waals surface area contributed by atoms with Crippen molar-refractivity contribution in [2.24, 2.45) is 0 Å². The number of rotatable bonds is 4. The maximum Gasteiger partial charge on any atom is 0.356 e. The van der Waals surface area contributed by atoms with Crippen molar-refractivity contribution in [3.63, 3.8) is 0 Å². The van der Waals surface area contributed by atoms with Gasteiger partial charge in [-0.25, -0.2) is 9.78 Å². The van der Waals surface area contributed by atoms with Gasteiger partial charge in [-0.05, 0) is 13.8 Å². The molecule has 1 aromatic rings. The summed E-state index contributed by atoms with van der Waals surface area (Å²) in [7, 11) is 0. The Kier molecular flexibility index (Phi) is 3.98. The Hall–Kier alpha value is -1.40. The van der Waals surface area contributed by atoms with E-state index in [1.165, 1.54) is 0 Å². The fraction of sp³-hybridized carbons (Fsp3) is 0.667. The van der Waals surface area contributed by atoms with Gasteiger partial charge in [0.15, 0.2) is 5.69 Å². The van der Waals surface area contributed by atoms with Gasteiger partial charge in [0.25, 0.3) is 0 Å². The molecule has 0 radical (unpaired) electrons. The molecule has 100 valence electrons. The maximum atomic E-state index is 11.0. The molecule has 0 saturated carbocycles. The Morgan fingerprint density at radius 2 is 2.17 bits per heavy atom. The molecular weight excluding hydrogens is 232 g/mol. The molecule has 0 bridgehead atoms. The molecule has 0 spiro atoms. The van der Waals surface area contributed by atoms with E-state index in [-0.39, 0.29) is 11.7 Å². The fourth-order valence-electron chi connectivity index (χ4n) is 2.17. The lowest BCUT2D eigenvalue weighted by atomic mass is 10.3. The zero-order valence-electron chi connectivity index (χ0n) is 10.9. The average Bonchev–Trinajstić information content (AvgIpc) is 2.74. The lowest BCUT2D eigenvalue weighted by Gasteiger charge is -2.27. The van der Waals surface area contributed by atoms with Gasteiger partial charge in [0, 0.05) is 38.4 Å². The number of imidazole rings is 1. The number of piperazine rings is 1. The highest BCUT2D eigenvalue weighted by Crippen LogP contribution is 2.13. The van der Waals surface area contributed by atoms with Crippen LogP contribution < -0.4 is 5.32 Å². The fourth-order valence-corrected chi connectivity index (χ4v) is 2.17. The molecule has 2 heterocycles. The van der Waals surface area contributed by atoms with Crippen molar-refractivity contribution < 1.29 is 9.90 Å². The summed E-state index contributed by atoms with van der Waals surface area (Å²) in [6.07, 6.45) is 1.63. The van der Waals surface area contributed by atoms with E-state index in [9.17, 15) is 4.79 Å². The van der Waals surface area contributed by atoms with Crippen molar-refractivity contribution in [3.8, 4) is 0 Å². The number of nitrogens with one attached hydrogen (secondary N) is 1. The smallest absolute Gasteiger partial charge is 0.356 e. The number of aromatic nitrogens is 2. The number of hydrogen-bond acceptors (Lipinski definition) is 4. The lowest BCUT2D eigenvalue weighted by Crippen LogP contribution is -2.43. The van der Waals surface area contributed by atoms with Crippen molar-refractivity contribution in [1.29, 1.82) is 0 Å². The lowest BCUT2D eigenvalue weighted by molar-refractivity contribution is 0.0690. The average molecular weight is 252 g/mol. The van der Waals surface area contributed by atoms with Crippen molar-refractivity contribution in [3.05, 3.63) is 17.7 Å². The van der Waals surface area contributed by atoms with Gasteiger partial charge in [0.05, 0.1) is 6.54 Å². The number of nitrogens with zero attached hydrogens (tertiary/aromatic N) is 3. The molecule has 1 aliphatic rings. The number of carboxylic acids is 1. The van der Waals surface area contributed by atoms with Crippen LogP contribution in [0.2, 0.25) is 0 Å². The predicted octanol–water partition coefficient (Wildman–Crippen LogP) is 0.567. The van der Waals surface area contributed by atoms with Crippen LogP contribution in [-0.4, -0.2) is 51.7 Å². The molecule has 1 fully saturated rings. The first kappa shape index (κ1) is 13.0. The Bertz CT molecular complexity index is 422. The summed E-state index contributed by atoms with van der Waals surface area (Å²) in [6, 6.07) is 0.225. The van der Waals surface area contributed by atoms with E-state index in [1.807, 2.05) is 18.4 Å². The summed E-state index contributed by atoms with van der Waals surface area (Å²) in [5.74, 6) is -0.125. The van der Waals surface area contributed by atoms with Crippen molar-refractivity contribution in [1.82, 2.24) is 19.8 Å². The molecule has 6 nitrogen and oxygen atoms in total. The molecule has 2 rings (SSSR count). The molecule has 18 heavy (non-hydrogen) atoms. The summed E-state index contributed by atoms with van der Waals surface area (Å²) in [5.41, 5.74) is 0.133. The quantitative estimate of drug-likeness (QED) is 0.819. The SMILES string of the molecule is CC(C)n1cc(C(=O)O)nc1CN1CCNCC1. The summed E-state index contributed by atoms with van der Waals surface area (Å²) >= 11 is 0. The number of carbonyl (C=O) groups is 1. The normalized spacial score (nSPS) is 17.3. The molecule has 1 aromatic heterocycles. The summed E-state index contributed by atoms with van der Waals surface area (Å²) < 4.78 is 1.95. The minimum Gasteiger partial charge on any atom is -0.476 e. The first-order valence-electron chi connectivity index (χ1n) is 6.32. The third-order valence-electron chi connectivity index (χ3n) is 3.16. The van der Waals surface area contributed by atoms with Crippen LogP contribution in [-0.2, 0) is 6.54 Å². The number of aromatic carboxylic acids is 1. The Labute approximate surface area is 107 Å². The predicted molar refractivity (Wildman–Crippen MR) is 67.7 cm³/mol. The number of hydrogen-bond donors (Lipinski definition) is 2. The molecule has 6 heteroatoms. The maximum absolute atomic E-state index is 11.0. The highest BCUT2D eigenvalue weighted by Gasteiger charge is 2.18. The third-order valence-corrected chi connectivity index (χ3v) is 3.16. The van der Waals surface area contributed by atoms with Crippen LogP contribution in [0.3, 0.4) is 0 Å². The van der Waals surface area contributed by atoms with Gasteiger partial charge in [-0.15, -0.1) is 0 Å². The monoisotopic (exact) mass is 252 g/mol. The standard InChI is InChI=1S/C12H20N4O2/c1-9(2)16-7-10(12(17)18)14-11(16)8-15-5-3-13-4-6-15/h7,9,13H,3-6,8H2,1-2H3,(H,17,18). The van der Waals surface area contributed by atoms with Crippen molar-refractivity contribution in [2.75, 3.05) is 26.2 Å². The summed E-state index contributed by atoms with van der Waals surface area (Å²) in [5, 5.41) is 12.3. The minimum atomic E-state index is -0.962. The van der Waals surface area contributed by atoms with Gasteiger partial charge in [0.1, 0.15) is 5.82 Å². The van der Waals surface area contributed by atoms with Crippen molar-refractivity contribution >= 4 is 5.97 Å². The molecule has 0 aromatic carbocycles. The zero-order valence-corrected chi connectivity index (χ0v) is 10.9. The second-order valence-electron chi connectivity index (χ2n) is 4.87. The molecular formula is C12H20N4O2. The van der Waals surface area contributed by atoms with Gasteiger partial charge in [-0.2, -0.15) is 0 Å². The van der Waals surface area contributed by atoms with E-state index in [0.717, 1.165) is 32.0 Å². The minimum absolute atomic E-state index is 0.133. The highest BCUT2D eigenvalue weighted by atomic mass is 16.4. The van der Waals surface area contributed by atoms with Crippen molar-refractivity contribution in [2.45, 2.75) is 26.4 Å². The van der Waals surface area contributed by atoms with Crippen LogP contribution >= 0.6 is 0 Å². The first-order chi connectivity index (χ1) is 8.58. The van der Waals surface area contributed by atoms with Gasteiger partial charge in [0.2, 0.25) is 0 Å². The van der Waals surface area contributed by atoms with Gasteiger partial charge in [-0.1, -0.05) is 0 Å². The second kappa shape index (κ2) is 5.49. The van der Waals surface area contributed by atoms with E-state index < -0.39 is 5.97 Å². The Morgan fingerprint density at radius 3 is 2.72 bits per heavy atom. The summed E-state index contributed by atoms with van der Waals surface area (Å²) in [6.45, 7) is 8.71. The van der Waals surface area contributed by atoms with E-state index in [2.05, 4.69) is 15.2 Å². The number of carboxylic acid groups (broad SMARTS) is 1. The third kappa shape index (κ3) is 2.88. The highest BCUT2D eigenvalue weighted by molar-refractivity contribution is 5.85. The van der Waals surface area contributed by atoms with Gasteiger partial charge < -0.3 is 15.0 Å². The van der Waals surface area contributed by atoms with Crippen LogP contribution in [0.5, 0.6) is 0 Å². The molecule has 2 N–H and O–H groups in total. The summed E-state index contributed by atoms with van der Waals surface area (Å²) in [4.78, 5) is 17.5. The van der Waals surface area contributed by atoms with E-state index in [4.69, 9.17) is 5.11 Å². The molecule has 1 aliphatic heterocycles. The molecule has 0 unspecified atom stereocenters. The van der Waals surface area contributed by atoms with Crippen LogP contribution in [0, 0.1) is 0 Å². The van der Waals surface area contributed by atoms with Crippen LogP contribution in [0.25, 0.3) is 0 Å². The van der Waals surface area contributed by atoms with Gasteiger partial charge in [-0.3, -0.25) is 4.90 Å². The topological polar surface area (TPSA) is 70.4 Å². The molecule has 0 aliphatic carbocycles. The second-order valence-corrected chi connectivity index (χ2v) is 4.87. The van der Waals surface area contributed by atoms with Gasteiger partial charge >= 0.3 is 5.97 Å². The molecule has 0 amide bonds. The first-order valence-corrected chi connectivity index (χ1v) is 6.32. The molecule has 0 atom stereocenters. The molecule has 1 saturated heterocycles. The van der Waals surface area contributed by atoms with E-state index >= 15 is 0 Å². The largest absolute Gasteiger partial charge is 0.476 e.